The highest BCUT2D eigenvalue weighted by atomic mass is 35.5. The highest BCUT2D eigenvalue weighted by Gasteiger charge is 2.56. The van der Waals surface area contributed by atoms with E-state index in [9.17, 15) is 13.2 Å². The van der Waals surface area contributed by atoms with Crippen LogP contribution in [-0.4, -0.2) is 94.5 Å². The van der Waals surface area contributed by atoms with Gasteiger partial charge in [-0.2, -0.15) is 0 Å². The van der Waals surface area contributed by atoms with E-state index >= 15 is 4.39 Å². The Bertz CT molecular complexity index is 1840. The molecule has 5 aliphatic rings. The normalized spacial score (nSPS) is 34.6. The SMILES string of the molecule is CO[C@H]1COC(C)(C)OC[C@@]12/C(F)=C/C[C@H](C)[C@@H](C)S(=O)(=O)NC(=O)c1ccc3c(c1)N(C[C@@H]1CCCN12)C[C@@]1(CCCc2cc(Cl)ccc21)CO3. The molecule has 1 aliphatic carbocycles. The van der Waals surface area contributed by atoms with Crippen molar-refractivity contribution in [3.63, 3.8) is 0 Å². The number of hydrogen-bond donors (Lipinski definition) is 1. The standard InChI is InChI=1S/C39H51ClFN3O7S/c1-25-10-15-34(41)39(24-51-37(3,4)50-21-35(39)48-5)44-17-7-9-30(44)20-43-22-38(16-6-8-27-18-29(40)12-13-31(27)38)23-49-33-14-11-28(19-32(33)43)36(45)42-52(46,47)26(25)2/h11-15,18-19,25-26,30,35H,6-10,16-17,20-24H2,1-5H3,(H,42,45)/b34-15-/t25-,26+,30-,35-,38-,39+/m0/s1. The zero-order valence-corrected chi connectivity index (χ0v) is 32.3. The molecule has 2 aromatic carbocycles. The Morgan fingerprint density at radius 3 is 2.67 bits per heavy atom. The summed E-state index contributed by atoms with van der Waals surface area (Å²) in [7, 11) is -2.55. The largest absolute Gasteiger partial charge is 0.490 e. The summed E-state index contributed by atoms with van der Waals surface area (Å²) in [6, 6.07) is 11.1. The molecule has 2 saturated heterocycles. The molecule has 4 heterocycles. The van der Waals surface area contributed by atoms with Crippen molar-refractivity contribution >= 4 is 33.2 Å². The minimum atomic E-state index is -4.13. The molecule has 10 nitrogen and oxygen atoms in total. The van der Waals surface area contributed by atoms with Crippen molar-refractivity contribution in [1.29, 1.82) is 0 Å². The van der Waals surface area contributed by atoms with Crippen LogP contribution in [0.15, 0.2) is 48.3 Å². The van der Waals surface area contributed by atoms with Crippen molar-refractivity contribution in [2.75, 3.05) is 51.5 Å². The summed E-state index contributed by atoms with van der Waals surface area (Å²) in [6.07, 6.45) is 5.29. The van der Waals surface area contributed by atoms with E-state index in [1.807, 2.05) is 26.0 Å². The van der Waals surface area contributed by atoms with Crippen molar-refractivity contribution in [3.05, 3.63) is 70.0 Å². The predicted octanol–water partition coefficient (Wildman–Crippen LogP) is 6.16. The number of sulfonamides is 1. The van der Waals surface area contributed by atoms with E-state index in [-0.39, 0.29) is 36.7 Å². The van der Waals surface area contributed by atoms with E-state index in [1.165, 1.54) is 17.2 Å². The third-order valence-electron chi connectivity index (χ3n) is 12.3. The van der Waals surface area contributed by atoms with Crippen LogP contribution in [0.25, 0.3) is 0 Å². The van der Waals surface area contributed by atoms with Gasteiger partial charge in [-0.05, 0) is 113 Å². The number of carbonyl (C=O) groups excluding carboxylic acids is 1. The predicted molar refractivity (Wildman–Crippen MR) is 198 cm³/mol. The second-order valence-corrected chi connectivity index (χ2v) is 18.3. The van der Waals surface area contributed by atoms with Gasteiger partial charge >= 0.3 is 0 Å². The van der Waals surface area contributed by atoms with Gasteiger partial charge < -0.3 is 23.8 Å². The molecule has 2 bridgehead atoms. The first-order valence-corrected chi connectivity index (χ1v) is 20.4. The second kappa shape index (κ2) is 14.2. The molecule has 1 amide bonds. The van der Waals surface area contributed by atoms with Crippen LogP contribution in [0.4, 0.5) is 10.1 Å². The summed E-state index contributed by atoms with van der Waals surface area (Å²) < 4.78 is 72.2. The molecule has 52 heavy (non-hydrogen) atoms. The highest BCUT2D eigenvalue weighted by Crippen LogP contribution is 2.47. The lowest BCUT2D eigenvalue weighted by Crippen LogP contribution is -2.64. The number of amides is 1. The van der Waals surface area contributed by atoms with Gasteiger partial charge in [0.05, 0.1) is 30.8 Å². The summed E-state index contributed by atoms with van der Waals surface area (Å²) in [5.41, 5.74) is 1.58. The van der Waals surface area contributed by atoms with Crippen LogP contribution in [0.2, 0.25) is 5.02 Å². The van der Waals surface area contributed by atoms with Gasteiger partial charge in [-0.1, -0.05) is 30.7 Å². The van der Waals surface area contributed by atoms with Crippen LogP contribution in [0.3, 0.4) is 0 Å². The van der Waals surface area contributed by atoms with Crippen LogP contribution in [0, 0.1) is 5.92 Å². The lowest BCUT2D eigenvalue weighted by Gasteiger charge is -2.48. The Hall–Kier alpha value is -2.74. The van der Waals surface area contributed by atoms with Crippen LogP contribution < -0.4 is 14.4 Å². The maximum atomic E-state index is 17.4. The lowest BCUT2D eigenvalue weighted by atomic mass is 9.70. The number of allylic oxidation sites excluding steroid dienone is 1. The first-order chi connectivity index (χ1) is 24.7. The van der Waals surface area contributed by atoms with Crippen molar-refractivity contribution in [2.24, 2.45) is 5.92 Å². The Morgan fingerprint density at radius 2 is 1.88 bits per heavy atom. The fourth-order valence-corrected chi connectivity index (χ4v) is 10.5. The third-order valence-corrected chi connectivity index (χ3v) is 14.4. The molecule has 2 aromatic rings. The number of halogens is 2. The average molecular weight is 760 g/mol. The third kappa shape index (κ3) is 6.77. The van der Waals surface area contributed by atoms with Gasteiger partial charge in [0.2, 0.25) is 10.0 Å². The smallest absolute Gasteiger partial charge is 0.264 e. The topological polar surface area (TPSA) is 107 Å². The van der Waals surface area contributed by atoms with E-state index in [0.29, 0.717) is 42.7 Å². The molecule has 2 fully saturated rings. The number of benzene rings is 2. The molecule has 284 valence electrons. The van der Waals surface area contributed by atoms with Gasteiger partial charge in [0.1, 0.15) is 23.2 Å². The van der Waals surface area contributed by atoms with Crippen molar-refractivity contribution in [1.82, 2.24) is 9.62 Å². The van der Waals surface area contributed by atoms with Crippen molar-refractivity contribution in [2.45, 2.75) is 100 Å². The van der Waals surface area contributed by atoms with Crippen LogP contribution in [0.1, 0.15) is 81.3 Å². The highest BCUT2D eigenvalue weighted by molar-refractivity contribution is 7.90. The summed E-state index contributed by atoms with van der Waals surface area (Å²) in [5.74, 6) is -2.03. The number of aryl methyl sites for hydroxylation is 1. The maximum Gasteiger partial charge on any atom is 0.264 e. The average Bonchev–Trinajstić information content (AvgIpc) is 3.45. The molecular formula is C39H51ClFN3O7S. The zero-order chi connectivity index (χ0) is 37.1. The van der Waals surface area contributed by atoms with Crippen molar-refractivity contribution < 1.29 is 36.6 Å². The molecular weight excluding hydrogens is 709 g/mol. The molecule has 1 N–H and O–H groups in total. The molecule has 0 saturated carbocycles. The van der Waals surface area contributed by atoms with Gasteiger partial charge in [0.15, 0.2) is 5.79 Å². The minimum absolute atomic E-state index is 0.0163. The lowest BCUT2D eigenvalue weighted by molar-refractivity contribution is -0.206. The van der Waals surface area contributed by atoms with E-state index < -0.39 is 50.4 Å². The summed E-state index contributed by atoms with van der Waals surface area (Å²) in [5, 5.41) is -0.296. The van der Waals surface area contributed by atoms with E-state index in [4.69, 9.17) is 30.5 Å². The molecule has 7 rings (SSSR count). The van der Waals surface area contributed by atoms with Crippen LogP contribution in [-0.2, 0) is 36.1 Å². The fourth-order valence-electron chi connectivity index (χ4n) is 9.03. The molecule has 0 aromatic heterocycles. The summed E-state index contributed by atoms with van der Waals surface area (Å²) in [4.78, 5) is 18.1. The number of carbonyl (C=O) groups is 1. The fraction of sp³-hybridized carbons (Fsp3) is 0.615. The Labute approximate surface area is 312 Å². The molecule has 6 atom stereocenters. The molecule has 0 unspecified atom stereocenters. The first kappa shape index (κ1) is 37.6. The number of ether oxygens (including phenoxy) is 4. The van der Waals surface area contributed by atoms with Crippen molar-refractivity contribution in [3.8, 4) is 5.75 Å². The van der Waals surface area contributed by atoms with Gasteiger partial charge in [-0.25, -0.2) is 17.5 Å². The monoisotopic (exact) mass is 759 g/mol. The number of hydrogen-bond acceptors (Lipinski definition) is 9. The number of rotatable bonds is 1. The Kier molecular flexibility index (Phi) is 10.2. The minimum Gasteiger partial charge on any atom is -0.490 e. The number of fused-ring (bicyclic) bond motifs is 5. The number of nitrogens with one attached hydrogen (secondary N) is 1. The Morgan fingerprint density at radius 1 is 1.08 bits per heavy atom. The quantitative estimate of drug-likeness (QED) is 0.366. The molecule has 13 heteroatoms. The van der Waals surface area contributed by atoms with Gasteiger partial charge in [-0.3, -0.25) is 9.69 Å². The molecule has 2 spiro atoms. The summed E-state index contributed by atoms with van der Waals surface area (Å²) in [6.45, 7) is 9.11. The Balaban J connectivity index is 1.39. The second-order valence-electron chi connectivity index (χ2n) is 15.9. The molecule has 4 aliphatic heterocycles. The van der Waals surface area contributed by atoms with E-state index in [1.54, 1.807) is 39.2 Å². The summed E-state index contributed by atoms with van der Waals surface area (Å²) >= 11 is 6.48. The first-order valence-electron chi connectivity index (χ1n) is 18.5. The van der Waals surface area contributed by atoms with Gasteiger partial charge in [0.25, 0.3) is 5.91 Å². The van der Waals surface area contributed by atoms with E-state index in [2.05, 4.69) is 20.6 Å². The number of anilines is 1. The number of methoxy groups -OCH3 is 1. The van der Waals surface area contributed by atoms with Crippen LogP contribution in [0.5, 0.6) is 5.75 Å². The molecule has 0 radical (unpaired) electrons. The van der Waals surface area contributed by atoms with Gasteiger partial charge in [0, 0.05) is 42.2 Å². The maximum absolute atomic E-state index is 17.4. The van der Waals surface area contributed by atoms with Gasteiger partial charge in [-0.15, -0.1) is 0 Å². The number of nitrogens with zero attached hydrogens (tertiary/aromatic N) is 2. The zero-order valence-electron chi connectivity index (χ0n) is 30.8. The van der Waals surface area contributed by atoms with E-state index in [0.717, 1.165) is 32.1 Å². The van der Waals surface area contributed by atoms with Crippen LogP contribution >= 0.6 is 11.6 Å².